The van der Waals surface area contributed by atoms with E-state index in [1.54, 1.807) is 12.1 Å². The number of anilines is 2. The lowest BCUT2D eigenvalue weighted by atomic mass is 10.0. The molecule has 2 fully saturated rings. The van der Waals surface area contributed by atoms with E-state index in [1.807, 2.05) is 30.3 Å². The molecule has 230 valence electrons. The van der Waals surface area contributed by atoms with Gasteiger partial charge in [0.05, 0.1) is 5.56 Å². The topological polar surface area (TPSA) is 114 Å². The molecule has 2 aromatic rings. The fourth-order valence-corrected chi connectivity index (χ4v) is 5.76. The number of hydrogen-bond donors (Lipinski definition) is 1. The molecule has 2 aromatic carbocycles. The number of piperazine rings is 2. The third-order valence-corrected chi connectivity index (χ3v) is 8.53. The van der Waals surface area contributed by atoms with Crippen LogP contribution in [0.4, 0.5) is 11.4 Å². The summed E-state index contributed by atoms with van der Waals surface area (Å²) in [5, 5.41) is 2.55. The van der Waals surface area contributed by atoms with E-state index in [4.69, 9.17) is 0 Å². The van der Waals surface area contributed by atoms with Crippen molar-refractivity contribution < 1.29 is 24.0 Å². The van der Waals surface area contributed by atoms with Crippen molar-refractivity contribution in [1.82, 2.24) is 20.0 Å². The Kier molecular flexibility index (Phi) is 11.4. The van der Waals surface area contributed by atoms with E-state index in [0.29, 0.717) is 11.8 Å². The molecule has 0 aliphatic carbocycles. The Hall–Kier alpha value is -4.09. The molecule has 0 aromatic heterocycles. The zero-order chi connectivity index (χ0) is 30.8. The van der Waals surface area contributed by atoms with Gasteiger partial charge in [0.2, 0.25) is 5.91 Å². The van der Waals surface area contributed by atoms with Gasteiger partial charge in [0.25, 0.3) is 5.91 Å². The maximum absolute atomic E-state index is 13.5. The Morgan fingerprint density at radius 2 is 1.37 bits per heavy atom. The highest BCUT2D eigenvalue weighted by atomic mass is 16.2. The Bertz CT molecular complexity index is 1270. The van der Waals surface area contributed by atoms with Gasteiger partial charge in [-0.2, -0.15) is 0 Å². The van der Waals surface area contributed by atoms with Gasteiger partial charge in [0.1, 0.15) is 18.6 Å². The number of amides is 2. The molecule has 2 amide bonds. The summed E-state index contributed by atoms with van der Waals surface area (Å²) in [5.41, 5.74) is 3.23. The lowest BCUT2D eigenvalue weighted by Crippen LogP contribution is -2.51. The minimum atomic E-state index is -0.813. The minimum Gasteiger partial charge on any atom is -0.369 e. The molecule has 1 atom stereocenters. The summed E-state index contributed by atoms with van der Waals surface area (Å²) in [4.78, 5) is 70.4. The molecule has 1 unspecified atom stereocenters. The predicted molar refractivity (Wildman–Crippen MR) is 166 cm³/mol. The predicted octanol–water partition coefficient (Wildman–Crippen LogP) is 1.42. The molecule has 0 saturated carbocycles. The van der Waals surface area contributed by atoms with Gasteiger partial charge >= 0.3 is 0 Å². The summed E-state index contributed by atoms with van der Waals surface area (Å²) >= 11 is 0. The van der Waals surface area contributed by atoms with Crippen LogP contribution < -0.4 is 15.1 Å². The van der Waals surface area contributed by atoms with Crippen molar-refractivity contribution in [2.24, 2.45) is 0 Å². The third-order valence-electron chi connectivity index (χ3n) is 8.53. The van der Waals surface area contributed by atoms with Crippen LogP contribution in [0.2, 0.25) is 0 Å². The second-order valence-electron chi connectivity index (χ2n) is 11.0. The lowest BCUT2D eigenvalue weighted by Gasteiger charge is -2.39. The van der Waals surface area contributed by atoms with Crippen molar-refractivity contribution in [3.05, 3.63) is 59.2 Å². The molecule has 4 rings (SSSR count). The first-order valence-electron chi connectivity index (χ1n) is 14.9. The molecule has 0 radical (unpaired) electrons. The maximum Gasteiger partial charge on any atom is 0.255 e. The monoisotopic (exact) mass is 590 g/mol. The maximum atomic E-state index is 13.5. The summed E-state index contributed by atoms with van der Waals surface area (Å²) in [6, 6.07) is 12.2. The average Bonchev–Trinajstić information content (AvgIpc) is 3.07. The number of hydrogen-bond acceptors (Lipinski definition) is 9. The van der Waals surface area contributed by atoms with Gasteiger partial charge in [0.15, 0.2) is 6.29 Å². The van der Waals surface area contributed by atoms with E-state index < -0.39 is 11.9 Å². The van der Waals surface area contributed by atoms with Gasteiger partial charge < -0.3 is 24.8 Å². The van der Waals surface area contributed by atoms with E-state index in [0.717, 1.165) is 89.4 Å². The molecule has 0 bridgehead atoms. The molecule has 11 nitrogen and oxygen atoms in total. The average molecular weight is 591 g/mol. The van der Waals surface area contributed by atoms with E-state index in [1.165, 1.54) is 19.0 Å². The third kappa shape index (κ3) is 8.05. The molecule has 11 heteroatoms. The minimum absolute atomic E-state index is 0.147. The largest absolute Gasteiger partial charge is 0.369 e. The van der Waals surface area contributed by atoms with Crippen LogP contribution in [0.15, 0.2) is 42.5 Å². The molecule has 43 heavy (non-hydrogen) atoms. The lowest BCUT2D eigenvalue weighted by molar-refractivity contribution is -0.125. The van der Waals surface area contributed by atoms with Crippen LogP contribution >= 0.6 is 0 Å². The number of benzene rings is 2. The van der Waals surface area contributed by atoms with Gasteiger partial charge in [-0.25, -0.2) is 0 Å². The highest BCUT2D eigenvalue weighted by molar-refractivity contribution is 6.04. The number of carbonyl (C=O) groups excluding carboxylic acids is 5. The number of rotatable bonds is 13. The van der Waals surface area contributed by atoms with Crippen LogP contribution in [-0.2, 0) is 9.59 Å². The Morgan fingerprint density at radius 3 is 1.88 bits per heavy atom. The first-order chi connectivity index (χ1) is 20.9. The summed E-state index contributed by atoms with van der Waals surface area (Å²) in [7, 11) is 3.02. The van der Waals surface area contributed by atoms with Crippen molar-refractivity contribution in [1.29, 1.82) is 0 Å². The summed E-state index contributed by atoms with van der Waals surface area (Å²) in [6.45, 7) is 9.31. The fourth-order valence-electron chi connectivity index (χ4n) is 5.76. The first kappa shape index (κ1) is 31.8. The molecule has 0 spiro atoms. The van der Waals surface area contributed by atoms with Crippen LogP contribution in [0.1, 0.15) is 43.9 Å². The molecule has 2 saturated heterocycles. The molecule has 1 N–H and O–H groups in total. The van der Waals surface area contributed by atoms with Crippen molar-refractivity contribution in [2.75, 3.05) is 89.3 Å². The number of carbonyl (C=O) groups is 5. The highest BCUT2D eigenvalue weighted by Crippen LogP contribution is 2.23. The molecular weight excluding hydrogens is 548 g/mol. The highest BCUT2D eigenvalue weighted by Gasteiger charge is 2.29. The van der Waals surface area contributed by atoms with Gasteiger partial charge in [-0.1, -0.05) is 0 Å². The van der Waals surface area contributed by atoms with Crippen molar-refractivity contribution in [3.63, 3.8) is 0 Å². The van der Waals surface area contributed by atoms with Gasteiger partial charge in [-0.05, 0) is 48.9 Å². The standard InChI is InChI=1S/C32H42N6O5/c1-33-31(42)30(4-3-21-39)34(2)32(43)29-22-28(10-7-26(29)24-41)38-19-15-36(16-20-38)12-11-35-13-17-37(18-14-35)27-8-5-25(23-40)6-9-27/h5-10,21-24,30H,3-4,11-20H2,1-2H3,(H,33,42). The van der Waals surface area contributed by atoms with E-state index >= 15 is 0 Å². The second kappa shape index (κ2) is 15.4. The molecular formula is C32H42N6O5. The SMILES string of the molecule is CNC(=O)C(CCC=O)N(C)C(=O)c1cc(N2CCN(CCN3CCN(c4ccc(C=O)cc4)CC3)CC2)ccc1C=O. The number of nitrogens with zero attached hydrogens (tertiary/aromatic N) is 5. The summed E-state index contributed by atoms with van der Waals surface area (Å²) in [5.74, 6) is -0.787. The van der Waals surface area contributed by atoms with E-state index in [-0.39, 0.29) is 29.9 Å². The first-order valence-corrected chi connectivity index (χ1v) is 14.9. The number of nitrogens with one attached hydrogen (secondary N) is 1. The van der Waals surface area contributed by atoms with E-state index in [9.17, 15) is 24.0 Å². The van der Waals surface area contributed by atoms with Crippen molar-refractivity contribution in [2.45, 2.75) is 18.9 Å². The van der Waals surface area contributed by atoms with Crippen LogP contribution in [0.3, 0.4) is 0 Å². The van der Waals surface area contributed by atoms with Gasteiger partial charge in [0, 0.05) is 108 Å². The normalized spacial score (nSPS) is 16.8. The van der Waals surface area contributed by atoms with Crippen LogP contribution in [-0.4, -0.2) is 131 Å². The number of likely N-dealkylation sites (N-methyl/N-ethyl adjacent to an activating group) is 2. The quantitative estimate of drug-likeness (QED) is 0.346. The Balaban J connectivity index is 1.29. The zero-order valence-electron chi connectivity index (χ0n) is 25.1. The van der Waals surface area contributed by atoms with Crippen LogP contribution in [0.5, 0.6) is 0 Å². The molecule has 2 aliphatic heterocycles. The fraction of sp³-hybridized carbons (Fsp3) is 0.469. The van der Waals surface area contributed by atoms with Crippen molar-refractivity contribution in [3.8, 4) is 0 Å². The number of aldehydes is 3. The van der Waals surface area contributed by atoms with Gasteiger partial charge in [-0.15, -0.1) is 0 Å². The van der Waals surface area contributed by atoms with Crippen LogP contribution in [0.25, 0.3) is 0 Å². The summed E-state index contributed by atoms with van der Waals surface area (Å²) in [6.07, 6.45) is 2.61. The Morgan fingerprint density at radius 1 is 0.814 bits per heavy atom. The second-order valence-corrected chi connectivity index (χ2v) is 11.0. The van der Waals surface area contributed by atoms with Crippen molar-refractivity contribution >= 4 is 42.0 Å². The van der Waals surface area contributed by atoms with Crippen LogP contribution in [0, 0.1) is 0 Å². The molecule has 2 aliphatic rings. The van der Waals surface area contributed by atoms with E-state index in [2.05, 4.69) is 24.9 Å². The Labute approximate surface area is 253 Å². The summed E-state index contributed by atoms with van der Waals surface area (Å²) < 4.78 is 0. The molecule has 2 heterocycles. The van der Waals surface area contributed by atoms with Gasteiger partial charge in [-0.3, -0.25) is 29.0 Å². The zero-order valence-corrected chi connectivity index (χ0v) is 25.1. The smallest absolute Gasteiger partial charge is 0.255 e.